The van der Waals surface area contributed by atoms with Crippen LogP contribution in [0.1, 0.15) is 53.9 Å². The number of fused-ring (bicyclic) bond motifs is 1. The predicted octanol–water partition coefficient (Wildman–Crippen LogP) is 3.06. The van der Waals surface area contributed by atoms with E-state index in [2.05, 4.69) is 9.88 Å². The predicted molar refractivity (Wildman–Crippen MR) is 98.0 cm³/mol. The minimum absolute atomic E-state index is 0.0901. The van der Waals surface area contributed by atoms with Crippen molar-refractivity contribution in [1.82, 2.24) is 4.57 Å². The molecule has 0 aliphatic heterocycles. The van der Waals surface area contributed by atoms with Crippen molar-refractivity contribution in [3.8, 4) is 0 Å². The average molecular weight is 356 g/mol. The fourth-order valence-electron chi connectivity index (χ4n) is 3.29. The molecule has 0 saturated heterocycles. The van der Waals surface area contributed by atoms with Gasteiger partial charge in [0.15, 0.2) is 0 Å². The lowest BCUT2D eigenvalue weighted by Gasteiger charge is -2.20. The molecule has 2 N–H and O–H groups in total. The third kappa shape index (κ3) is 4.14. The van der Waals surface area contributed by atoms with Gasteiger partial charge in [-0.3, -0.25) is 4.79 Å². The first-order valence-electron chi connectivity index (χ1n) is 9.01. The summed E-state index contributed by atoms with van der Waals surface area (Å²) in [6.07, 6.45) is 4.62. The van der Waals surface area contributed by atoms with Crippen LogP contribution < -0.4 is 5.32 Å². The molecule has 26 heavy (non-hydrogen) atoms. The summed E-state index contributed by atoms with van der Waals surface area (Å²) in [5, 5.41) is 12.9. The van der Waals surface area contributed by atoms with Gasteiger partial charge in [-0.15, -0.1) is 0 Å². The minimum Gasteiger partial charge on any atom is -0.462 e. The van der Waals surface area contributed by atoms with Crippen LogP contribution >= 0.6 is 0 Å². The number of benzene rings is 1. The molecule has 1 amide bonds. The molecule has 138 valence electrons. The third-order valence-corrected chi connectivity index (χ3v) is 4.62. The quantitative estimate of drug-likeness (QED) is 0.780. The summed E-state index contributed by atoms with van der Waals surface area (Å²) in [5.74, 6) is -0.461. The Morgan fingerprint density at radius 1 is 1.27 bits per heavy atom. The third-order valence-electron chi connectivity index (χ3n) is 4.62. The molecule has 0 fully saturated rings. The zero-order valence-electron chi connectivity index (χ0n) is 14.9. The molecule has 0 spiro atoms. The van der Waals surface area contributed by atoms with Crippen molar-refractivity contribution in [3.63, 3.8) is 0 Å². The van der Waals surface area contributed by atoms with E-state index in [-0.39, 0.29) is 18.0 Å². The van der Waals surface area contributed by atoms with Crippen LogP contribution in [-0.2, 0) is 22.5 Å². The highest BCUT2D eigenvalue weighted by Crippen LogP contribution is 2.30. The zero-order valence-corrected chi connectivity index (χ0v) is 14.9. The van der Waals surface area contributed by atoms with Crippen LogP contribution in [-0.4, -0.2) is 28.2 Å². The summed E-state index contributed by atoms with van der Waals surface area (Å²) in [6.45, 7) is 2.67. The molecular weight excluding hydrogens is 332 g/mol. The Hall–Kier alpha value is -2.60. The fourth-order valence-corrected chi connectivity index (χ4v) is 3.29. The van der Waals surface area contributed by atoms with E-state index in [9.17, 15) is 14.7 Å². The zero-order chi connectivity index (χ0) is 18.5. The highest BCUT2D eigenvalue weighted by molar-refractivity contribution is 5.93. The van der Waals surface area contributed by atoms with Gasteiger partial charge < -0.3 is 19.7 Å². The molecule has 3 rings (SSSR count). The number of aliphatic hydroxyl groups is 1. The molecule has 6 nitrogen and oxygen atoms in total. The summed E-state index contributed by atoms with van der Waals surface area (Å²) in [4.78, 5) is 23.8. The summed E-state index contributed by atoms with van der Waals surface area (Å²) in [7, 11) is 0. The number of rotatable bonds is 6. The molecule has 0 radical (unpaired) electrons. The van der Waals surface area contributed by atoms with Gasteiger partial charge in [0, 0.05) is 36.1 Å². The molecule has 1 heterocycles. The van der Waals surface area contributed by atoms with Crippen molar-refractivity contribution in [3.05, 3.63) is 53.3 Å². The number of carbonyl (C=O) groups excluding carboxylic acids is 2. The van der Waals surface area contributed by atoms with Gasteiger partial charge in [0.05, 0.1) is 18.3 Å². The molecular formula is C20H24N2O4. The summed E-state index contributed by atoms with van der Waals surface area (Å²) >= 11 is 0. The normalized spacial score (nSPS) is 16.0. The number of nitrogens with one attached hydrogen (secondary N) is 1. The first-order valence-corrected chi connectivity index (χ1v) is 9.01. The lowest BCUT2D eigenvalue weighted by Crippen LogP contribution is -2.17. The van der Waals surface area contributed by atoms with Crippen molar-refractivity contribution in [2.75, 3.05) is 11.9 Å². The molecule has 1 unspecified atom stereocenters. The Kier molecular flexibility index (Phi) is 5.73. The number of ether oxygens (including phenoxy) is 1. The number of aromatic nitrogens is 1. The van der Waals surface area contributed by atoms with Gasteiger partial charge in [0.25, 0.3) is 0 Å². The number of nitrogens with zero attached hydrogens (tertiary/aromatic N) is 1. The minimum atomic E-state index is -0.383. The summed E-state index contributed by atoms with van der Waals surface area (Å²) in [6, 6.07) is 8.61. The van der Waals surface area contributed by atoms with E-state index in [1.807, 2.05) is 12.3 Å². The maximum Gasteiger partial charge on any atom is 0.338 e. The monoisotopic (exact) mass is 356 g/mol. The van der Waals surface area contributed by atoms with E-state index in [1.54, 1.807) is 31.2 Å². The Bertz CT molecular complexity index is 780. The second kappa shape index (κ2) is 8.19. The molecule has 1 aromatic heterocycles. The SMILES string of the molecule is CCOC(=O)c1ccc(NC(=O)CCn2ccc3c2CCCC3O)cc1. The van der Waals surface area contributed by atoms with Gasteiger partial charge in [-0.25, -0.2) is 4.79 Å². The molecule has 0 bridgehead atoms. The Labute approximate surface area is 152 Å². The highest BCUT2D eigenvalue weighted by Gasteiger charge is 2.21. The van der Waals surface area contributed by atoms with Gasteiger partial charge in [-0.05, 0) is 56.5 Å². The molecule has 1 aromatic carbocycles. The van der Waals surface area contributed by atoms with Crippen molar-refractivity contribution in [2.45, 2.75) is 45.3 Å². The topological polar surface area (TPSA) is 80.6 Å². The Morgan fingerprint density at radius 3 is 2.77 bits per heavy atom. The Balaban J connectivity index is 1.54. The maximum absolute atomic E-state index is 12.2. The van der Waals surface area contributed by atoms with Crippen LogP contribution in [0.5, 0.6) is 0 Å². The largest absolute Gasteiger partial charge is 0.462 e. The second-order valence-electron chi connectivity index (χ2n) is 6.42. The van der Waals surface area contributed by atoms with Gasteiger partial charge >= 0.3 is 5.97 Å². The van der Waals surface area contributed by atoms with E-state index >= 15 is 0 Å². The number of hydrogen-bond acceptors (Lipinski definition) is 4. The number of carbonyl (C=O) groups is 2. The number of amides is 1. The average Bonchev–Trinajstić information content (AvgIpc) is 3.05. The first kappa shape index (κ1) is 18.2. The van der Waals surface area contributed by atoms with Crippen LogP contribution in [0.3, 0.4) is 0 Å². The van der Waals surface area contributed by atoms with Crippen LogP contribution in [0.4, 0.5) is 5.69 Å². The highest BCUT2D eigenvalue weighted by atomic mass is 16.5. The van der Waals surface area contributed by atoms with E-state index < -0.39 is 0 Å². The van der Waals surface area contributed by atoms with Crippen LogP contribution in [0.15, 0.2) is 36.5 Å². The second-order valence-corrected chi connectivity index (χ2v) is 6.42. The molecule has 1 aliphatic rings. The molecule has 6 heteroatoms. The van der Waals surface area contributed by atoms with E-state index in [1.165, 1.54) is 0 Å². The first-order chi connectivity index (χ1) is 12.6. The van der Waals surface area contributed by atoms with Crippen LogP contribution in [0, 0.1) is 0 Å². The van der Waals surface area contributed by atoms with Crippen LogP contribution in [0.25, 0.3) is 0 Å². The number of aryl methyl sites for hydroxylation is 1. The van der Waals surface area contributed by atoms with Crippen molar-refractivity contribution >= 4 is 17.6 Å². The Morgan fingerprint density at radius 2 is 2.04 bits per heavy atom. The van der Waals surface area contributed by atoms with E-state index in [4.69, 9.17) is 4.74 Å². The molecule has 1 atom stereocenters. The lowest BCUT2D eigenvalue weighted by atomic mass is 9.95. The van der Waals surface area contributed by atoms with Crippen LogP contribution in [0.2, 0.25) is 0 Å². The number of aliphatic hydroxyl groups excluding tert-OH is 1. The molecule has 0 saturated carbocycles. The van der Waals surface area contributed by atoms with Gasteiger partial charge in [-0.1, -0.05) is 0 Å². The number of hydrogen-bond donors (Lipinski definition) is 2. The van der Waals surface area contributed by atoms with Gasteiger partial charge in [0.1, 0.15) is 0 Å². The molecule has 2 aromatic rings. The van der Waals surface area contributed by atoms with Gasteiger partial charge in [-0.2, -0.15) is 0 Å². The summed E-state index contributed by atoms with van der Waals surface area (Å²) in [5.41, 5.74) is 3.23. The van der Waals surface area contributed by atoms with Crippen molar-refractivity contribution in [1.29, 1.82) is 0 Å². The fraction of sp³-hybridized carbons (Fsp3) is 0.400. The number of esters is 1. The number of anilines is 1. The summed E-state index contributed by atoms with van der Waals surface area (Å²) < 4.78 is 6.99. The smallest absolute Gasteiger partial charge is 0.338 e. The molecule has 1 aliphatic carbocycles. The maximum atomic E-state index is 12.2. The lowest BCUT2D eigenvalue weighted by molar-refractivity contribution is -0.116. The van der Waals surface area contributed by atoms with E-state index in [0.29, 0.717) is 30.8 Å². The van der Waals surface area contributed by atoms with Crippen molar-refractivity contribution < 1.29 is 19.4 Å². The van der Waals surface area contributed by atoms with Gasteiger partial charge in [0.2, 0.25) is 5.91 Å². The van der Waals surface area contributed by atoms with E-state index in [0.717, 1.165) is 30.5 Å². The standard InChI is InChI=1S/C20H24N2O4/c1-2-26-20(25)14-6-8-15(9-7-14)21-19(24)11-13-22-12-10-16-17(22)4-3-5-18(16)23/h6-10,12,18,23H,2-5,11,13H2,1H3,(H,21,24). The van der Waals surface area contributed by atoms with Crippen molar-refractivity contribution in [2.24, 2.45) is 0 Å².